The lowest BCUT2D eigenvalue weighted by Crippen LogP contribution is -2.87. The van der Waals surface area contributed by atoms with Gasteiger partial charge in [0, 0.05) is 0 Å². The Bertz CT molecular complexity index is 1920. The summed E-state index contributed by atoms with van der Waals surface area (Å²) in [7, 11) is 0. The molecule has 76 heavy (non-hydrogen) atoms. The van der Waals surface area contributed by atoms with Gasteiger partial charge in [-0.25, -0.2) is 18.9 Å². The molecule has 452 valence electrons. The first kappa shape index (κ1) is 66.9. The maximum absolute atomic E-state index is 15.5. The van der Waals surface area contributed by atoms with Crippen molar-refractivity contribution in [1.82, 2.24) is 0 Å². The molecule has 0 spiro atoms. The van der Waals surface area contributed by atoms with Crippen molar-refractivity contribution in [3.63, 3.8) is 0 Å². The SMILES string of the molecule is FC1(F)OC(F)(F)C(F)(F)O[C@@]2(F)C(F)(F)C(F)(F)C(F)(F)C(F)(F)[C@@]2(F)OC(F)(F)C(F)(F)OC(F)(F)C(F)(F)OC(F)(F)C(F)(F)O[C@]2(F)C(F)(F)C(F)(F)C(F)(F)C(F)(F)[C@]2(F)OC(F)(F)C(F)(F)OC1(F)F. The molecular weight excluding hydrogens is 1250 g/mol. The van der Waals surface area contributed by atoms with Crippen LogP contribution in [-0.2, 0) is 37.9 Å². The Morgan fingerprint density at radius 3 is 0.276 bits per heavy atom. The molecule has 0 aromatic heterocycles. The molecule has 3 rings (SSSR count). The highest BCUT2D eigenvalue weighted by molar-refractivity contribution is 5.26. The number of halogens is 44. The van der Waals surface area contributed by atoms with Crippen molar-refractivity contribution in [1.29, 1.82) is 0 Å². The first-order chi connectivity index (χ1) is 32.2. The van der Waals surface area contributed by atoms with E-state index in [0.29, 0.717) is 0 Å². The molecule has 1 aliphatic heterocycles. The van der Waals surface area contributed by atoms with Crippen LogP contribution in [0.5, 0.6) is 0 Å². The van der Waals surface area contributed by atoms with E-state index in [2.05, 4.69) is 0 Å². The second kappa shape index (κ2) is 16.2. The van der Waals surface area contributed by atoms with Crippen LogP contribution in [0.25, 0.3) is 0 Å². The van der Waals surface area contributed by atoms with Gasteiger partial charge in [-0.15, -0.1) is 0 Å². The minimum atomic E-state index is -9.91. The standard InChI is InChI=1S/C24F44O8/c25-1(26)2(27,28)6(35,36)10(42)9(41,5(1,33)34)69-13(45,46)17(53,54)73-21(61,62)22(63,64)75-19(57,58)15(49,50)71-11(43)7(37,38)3(29,30)4(31,32)8(39,40)12(11,44)72-16(51,52)20(59,60)76-24(67,68)23(65,66)74-18(55,56)14(47,48)70-10/t9-,10+,11-,12+. The molecule has 2 aliphatic carbocycles. The van der Waals surface area contributed by atoms with E-state index in [-0.39, 0.29) is 0 Å². The number of alkyl halides is 44. The first-order valence-electron chi connectivity index (χ1n) is 16.1. The van der Waals surface area contributed by atoms with Crippen LogP contribution < -0.4 is 0 Å². The third-order valence-corrected chi connectivity index (χ3v) is 8.94. The molecule has 0 amide bonds. The van der Waals surface area contributed by atoms with Gasteiger partial charge in [-0.1, -0.05) is 0 Å². The number of ether oxygens (including phenoxy) is 8. The molecule has 3 aliphatic rings. The lowest BCUT2D eigenvalue weighted by Gasteiger charge is -2.55. The maximum atomic E-state index is 15.5. The predicted molar refractivity (Wildman–Crippen MR) is 123 cm³/mol. The Hall–Kier alpha value is -3.40. The van der Waals surface area contributed by atoms with Gasteiger partial charge in [0.25, 0.3) is 0 Å². The van der Waals surface area contributed by atoms with Crippen molar-refractivity contribution >= 4 is 0 Å². The average molecular weight is 1250 g/mol. The number of hydrogen-bond acceptors (Lipinski definition) is 8. The highest BCUT2D eigenvalue weighted by atomic mass is 19.4. The molecule has 0 N–H and O–H groups in total. The lowest BCUT2D eigenvalue weighted by atomic mass is 9.77. The van der Waals surface area contributed by atoms with Crippen molar-refractivity contribution < 1.29 is 231 Å². The summed E-state index contributed by atoms with van der Waals surface area (Å²) in [4.78, 5) is 0. The number of fused-ring (bicyclic) bond motifs is 2. The molecule has 1 heterocycles. The van der Waals surface area contributed by atoms with Gasteiger partial charge in [-0.2, -0.15) is 193 Å². The highest BCUT2D eigenvalue weighted by Gasteiger charge is 3.06. The van der Waals surface area contributed by atoms with Gasteiger partial charge in [0.2, 0.25) is 0 Å². The van der Waals surface area contributed by atoms with E-state index in [4.69, 9.17) is 0 Å². The Balaban J connectivity index is 2.63. The van der Waals surface area contributed by atoms with Gasteiger partial charge in [0.15, 0.2) is 0 Å². The Morgan fingerprint density at radius 2 is 0.184 bits per heavy atom. The minimum absolute atomic E-state index is 0.719. The van der Waals surface area contributed by atoms with Crippen molar-refractivity contribution in [3.8, 4) is 0 Å². The van der Waals surface area contributed by atoms with Crippen molar-refractivity contribution in [2.75, 3.05) is 0 Å². The fourth-order valence-electron chi connectivity index (χ4n) is 4.99. The van der Waals surface area contributed by atoms with Gasteiger partial charge in [0.05, 0.1) is 0 Å². The third-order valence-electron chi connectivity index (χ3n) is 8.94. The fraction of sp³-hybridized carbons (Fsp3) is 1.00. The third kappa shape index (κ3) is 8.01. The van der Waals surface area contributed by atoms with Crippen molar-refractivity contribution in [3.05, 3.63) is 0 Å². The zero-order chi connectivity index (χ0) is 61.7. The Kier molecular flexibility index (Phi) is 14.2. The monoisotopic (exact) mass is 1250 g/mol. The average Bonchev–Trinajstić information content (AvgIpc) is 3.13. The summed E-state index contributed by atoms with van der Waals surface area (Å²) < 4.78 is 638. The van der Waals surface area contributed by atoms with Crippen LogP contribution in [-0.4, -0.2) is 144 Å². The normalized spacial score (nSPS) is 39.6. The Labute approximate surface area is 376 Å². The van der Waals surface area contributed by atoms with E-state index < -0.39 is 144 Å². The maximum Gasteiger partial charge on any atom is 0.453 e. The zero-order valence-electron chi connectivity index (χ0n) is 31.9. The molecule has 0 aromatic carbocycles. The van der Waals surface area contributed by atoms with E-state index in [1.165, 1.54) is 0 Å². The summed E-state index contributed by atoms with van der Waals surface area (Å²) in [5.74, 6) is -115. The van der Waals surface area contributed by atoms with Gasteiger partial charge in [-0.05, 0) is 0 Å². The van der Waals surface area contributed by atoms with Crippen LogP contribution in [0, 0.1) is 0 Å². The summed E-state index contributed by atoms with van der Waals surface area (Å²) in [6.45, 7) is 0. The van der Waals surface area contributed by atoms with Crippen LogP contribution >= 0.6 is 0 Å². The molecule has 0 bridgehead atoms. The van der Waals surface area contributed by atoms with Crippen LogP contribution in [0.3, 0.4) is 0 Å². The molecule has 0 radical (unpaired) electrons. The largest absolute Gasteiger partial charge is 0.453 e. The van der Waals surface area contributed by atoms with E-state index in [1.807, 2.05) is 0 Å². The van der Waals surface area contributed by atoms with E-state index in [0.717, 1.165) is 37.9 Å². The first-order valence-corrected chi connectivity index (χ1v) is 16.1. The highest BCUT2D eigenvalue weighted by Crippen LogP contribution is 2.74. The van der Waals surface area contributed by atoms with Gasteiger partial charge >= 0.3 is 144 Å². The molecule has 2 saturated carbocycles. The second-order valence-corrected chi connectivity index (χ2v) is 14.0. The molecule has 3 fully saturated rings. The molecular formula is C24F44O8. The topological polar surface area (TPSA) is 73.8 Å². The quantitative estimate of drug-likeness (QED) is 0.222. The van der Waals surface area contributed by atoms with Crippen LogP contribution in [0.4, 0.5) is 193 Å². The summed E-state index contributed by atoms with van der Waals surface area (Å²) >= 11 is 0. The van der Waals surface area contributed by atoms with Crippen molar-refractivity contribution in [2.45, 2.75) is 144 Å². The smallest absolute Gasteiger partial charge is 0.265 e. The second-order valence-electron chi connectivity index (χ2n) is 14.0. The van der Waals surface area contributed by atoms with Gasteiger partial charge < -0.3 is 0 Å². The number of rotatable bonds is 0. The van der Waals surface area contributed by atoms with E-state index in [9.17, 15) is 176 Å². The molecule has 4 atom stereocenters. The van der Waals surface area contributed by atoms with Crippen LogP contribution in [0.1, 0.15) is 0 Å². The zero-order valence-corrected chi connectivity index (χ0v) is 31.9. The van der Waals surface area contributed by atoms with Crippen LogP contribution in [0.15, 0.2) is 0 Å². The summed E-state index contributed by atoms with van der Waals surface area (Å²) in [5.41, 5.74) is 0. The molecule has 0 unspecified atom stereocenters. The summed E-state index contributed by atoms with van der Waals surface area (Å²) in [6.07, 6.45) is -113. The van der Waals surface area contributed by atoms with Crippen LogP contribution in [0.2, 0.25) is 0 Å². The van der Waals surface area contributed by atoms with Gasteiger partial charge in [-0.3, -0.25) is 18.9 Å². The molecule has 1 saturated heterocycles. The van der Waals surface area contributed by atoms with Gasteiger partial charge in [0.1, 0.15) is 0 Å². The molecule has 0 aromatic rings. The lowest BCUT2D eigenvalue weighted by molar-refractivity contribution is -0.629. The van der Waals surface area contributed by atoms with E-state index in [1.54, 1.807) is 0 Å². The molecule has 8 nitrogen and oxygen atoms in total. The number of hydrogen-bond donors (Lipinski definition) is 0. The summed E-state index contributed by atoms with van der Waals surface area (Å²) in [6, 6.07) is 0. The fourth-order valence-corrected chi connectivity index (χ4v) is 4.99. The van der Waals surface area contributed by atoms with Crippen molar-refractivity contribution in [2.24, 2.45) is 0 Å². The summed E-state index contributed by atoms with van der Waals surface area (Å²) in [5, 5.41) is 0. The Morgan fingerprint density at radius 1 is 0.105 bits per heavy atom. The predicted octanol–water partition coefficient (Wildman–Crippen LogP) is 13.0. The van der Waals surface area contributed by atoms with E-state index >= 15 is 17.6 Å². The molecule has 52 heteroatoms. The minimum Gasteiger partial charge on any atom is -0.265 e.